The van der Waals surface area contributed by atoms with Crippen LogP contribution >= 0.6 is 0 Å². The van der Waals surface area contributed by atoms with Gasteiger partial charge in [-0.15, -0.1) is 10.2 Å². The Kier molecular flexibility index (Phi) is 9.75. The molecule has 2 N–H and O–H groups in total. The second-order valence-electron chi connectivity index (χ2n) is 8.31. The van der Waals surface area contributed by atoms with Gasteiger partial charge in [0.15, 0.2) is 11.8 Å². The number of unbranched alkanes of at least 4 members (excludes halogenated alkanes) is 1. The van der Waals surface area contributed by atoms with Crippen molar-refractivity contribution in [3.63, 3.8) is 0 Å². The molecule has 0 spiro atoms. The minimum Gasteiger partial charge on any atom is -0.356 e. The van der Waals surface area contributed by atoms with Crippen molar-refractivity contribution in [3.05, 3.63) is 11.6 Å². The molecule has 0 radical (unpaired) electrons. The first-order valence-electron chi connectivity index (χ1n) is 11.1. The highest BCUT2D eigenvalue weighted by atomic mass is 15.3. The number of nitrogens with zero attached hydrogens (tertiary/aromatic N) is 5. The molecule has 7 nitrogen and oxygen atoms in total. The fourth-order valence-electron chi connectivity index (χ4n) is 3.71. The summed E-state index contributed by atoms with van der Waals surface area (Å²) in [5, 5.41) is 15.5. The quantitative estimate of drug-likeness (QED) is 0.385. The van der Waals surface area contributed by atoms with Crippen molar-refractivity contribution < 1.29 is 0 Å². The molecule has 0 aromatic carbocycles. The molecule has 160 valence electrons. The van der Waals surface area contributed by atoms with Gasteiger partial charge in [0.05, 0.1) is 0 Å². The Bertz CT molecular complexity index is 586. The zero-order chi connectivity index (χ0) is 20.4. The third kappa shape index (κ3) is 7.08. The standard InChI is InChI=1S/C21H41N7/c1-6-7-12-22-21(24-16-20-26-25-18(4)27(20)5)23-15-19(17(2)3)28-13-10-8-9-11-14-28/h17,19H,6-16H2,1-5H3,(H2,22,23,24). The van der Waals surface area contributed by atoms with Crippen LogP contribution in [-0.4, -0.2) is 57.8 Å². The predicted molar refractivity (Wildman–Crippen MR) is 116 cm³/mol. The van der Waals surface area contributed by atoms with E-state index < -0.39 is 0 Å². The maximum absolute atomic E-state index is 4.79. The molecule has 1 unspecified atom stereocenters. The summed E-state index contributed by atoms with van der Waals surface area (Å²) in [4.78, 5) is 7.47. The van der Waals surface area contributed by atoms with E-state index in [0.717, 1.165) is 37.1 Å². The summed E-state index contributed by atoms with van der Waals surface area (Å²) in [6.45, 7) is 13.7. The molecule has 0 saturated carbocycles. The van der Waals surface area contributed by atoms with E-state index in [0.29, 0.717) is 18.5 Å². The SMILES string of the molecule is CCCCNC(=NCc1nnc(C)n1C)NCC(C(C)C)N1CCCCCC1. The minimum atomic E-state index is 0.536. The van der Waals surface area contributed by atoms with Crippen molar-refractivity contribution in [2.24, 2.45) is 18.0 Å². The number of nitrogens with one attached hydrogen (secondary N) is 2. The molecule has 1 aliphatic heterocycles. The van der Waals surface area contributed by atoms with Gasteiger partial charge in [-0.3, -0.25) is 4.90 Å². The number of hydrogen-bond acceptors (Lipinski definition) is 4. The average molecular weight is 392 g/mol. The third-order valence-corrected chi connectivity index (χ3v) is 5.74. The molecular weight excluding hydrogens is 350 g/mol. The maximum Gasteiger partial charge on any atom is 0.191 e. The largest absolute Gasteiger partial charge is 0.356 e. The third-order valence-electron chi connectivity index (χ3n) is 5.74. The van der Waals surface area contributed by atoms with Crippen LogP contribution in [0.3, 0.4) is 0 Å². The monoisotopic (exact) mass is 391 g/mol. The number of rotatable bonds is 9. The maximum atomic E-state index is 4.79. The Hall–Kier alpha value is -1.63. The summed E-state index contributed by atoms with van der Waals surface area (Å²) in [5.74, 6) is 3.31. The van der Waals surface area contributed by atoms with Crippen LogP contribution in [0.15, 0.2) is 4.99 Å². The number of aliphatic imine (C=N–C) groups is 1. The summed E-state index contributed by atoms with van der Waals surface area (Å²) >= 11 is 0. The molecule has 1 atom stereocenters. The fourth-order valence-corrected chi connectivity index (χ4v) is 3.71. The number of hydrogen-bond donors (Lipinski definition) is 2. The zero-order valence-electron chi connectivity index (χ0n) is 18.7. The van der Waals surface area contributed by atoms with Gasteiger partial charge in [-0.25, -0.2) is 4.99 Å². The van der Waals surface area contributed by atoms with Crippen LogP contribution in [0.25, 0.3) is 0 Å². The highest BCUT2D eigenvalue weighted by Gasteiger charge is 2.23. The molecule has 1 aliphatic rings. The van der Waals surface area contributed by atoms with E-state index in [-0.39, 0.29) is 0 Å². The number of aryl methyl sites for hydroxylation is 1. The van der Waals surface area contributed by atoms with Crippen LogP contribution in [0.1, 0.15) is 70.9 Å². The summed E-state index contributed by atoms with van der Waals surface area (Å²) in [5.41, 5.74) is 0. The Morgan fingerprint density at radius 1 is 1.11 bits per heavy atom. The summed E-state index contributed by atoms with van der Waals surface area (Å²) in [7, 11) is 1.99. The van der Waals surface area contributed by atoms with Crippen molar-refractivity contribution in [2.75, 3.05) is 26.2 Å². The van der Waals surface area contributed by atoms with Crippen molar-refractivity contribution in [1.82, 2.24) is 30.3 Å². The number of aromatic nitrogens is 3. The lowest BCUT2D eigenvalue weighted by Crippen LogP contribution is -2.50. The molecule has 2 heterocycles. The van der Waals surface area contributed by atoms with E-state index in [2.05, 4.69) is 46.5 Å². The predicted octanol–water partition coefficient (Wildman–Crippen LogP) is 2.86. The molecule has 28 heavy (non-hydrogen) atoms. The summed E-state index contributed by atoms with van der Waals surface area (Å²) in [6, 6.07) is 0.536. The second-order valence-corrected chi connectivity index (χ2v) is 8.31. The Balaban J connectivity index is 2.00. The van der Waals surface area contributed by atoms with Crippen molar-refractivity contribution in [2.45, 2.75) is 78.8 Å². The molecule has 0 amide bonds. The van der Waals surface area contributed by atoms with Crippen molar-refractivity contribution in [3.8, 4) is 0 Å². The lowest BCUT2D eigenvalue weighted by atomic mass is 10.0. The highest BCUT2D eigenvalue weighted by molar-refractivity contribution is 5.79. The first-order valence-corrected chi connectivity index (χ1v) is 11.1. The van der Waals surface area contributed by atoms with E-state index in [1.54, 1.807) is 0 Å². The van der Waals surface area contributed by atoms with Crippen LogP contribution in [0.2, 0.25) is 0 Å². The zero-order valence-corrected chi connectivity index (χ0v) is 18.7. The van der Waals surface area contributed by atoms with Crippen molar-refractivity contribution in [1.29, 1.82) is 0 Å². The second kappa shape index (κ2) is 12.0. The minimum absolute atomic E-state index is 0.536. The van der Waals surface area contributed by atoms with Crippen LogP contribution in [0, 0.1) is 12.8 Å². The van der Waals surface area contributed by atoms with Gasteiger partial charge in [-0.1, -0.05) is 40.0 Å². The van der Waals surface area contributed by atoms with Crippen LogP contribution < -0.4 is 10.6 Å². The Labute approximate surface area is 171 Å². The van der Waals surface area contributed by atoms with Gasteiger partial charge in [0.1, 0.15) is 12.4 Å². The summed E-state index contributed by atoms with van der Waals surface area (Å²) < 4.78 is 2.00. The van der Waals surface area contributed by atoms with E-state index in [4.69, 9.17) is 4.99 Å². The molecule has 1 aromatic rings. The van der Waals surface area contributed by atoms with Crippen molar-refractivity contribution >= 4 is 5.96 Å². The molecule has 0 bridgehead atoms. The highest BCUT2D eigenvalue weighted by Crippen LogP contribution is 2.17. The van der Waals surface area contributed by atoms with Crippen LogP contribution in [0.5, 0.6) is 0 Å². The molecular formula is C21H41N7. The van der Waals surface area contributed by atoms with E-state index in [1.165, 1.54) is 45.2 Å². The van der Waals surface area contributed by atoms with Gasteiger partial charge in [0.2, 0.25) is 0 Å². The lowest BCUT2D eigenvalue weighted by molar-refractivity contribution is 0.161. The van der Waals surface area contributed by atoms with Gasteiger partial charge in [0, 0.05) is 26.2 Å². The van der Waals surface area contributed by atoms with Gasteiger partial charge in [-0.2, -0.15) is 0 Å². The molecule has 2 rings (SSSR count). The van der Waals surface area contributed by atoms with Gasteiger partial charge in [-0.05, 0) is 45.2 Å². The molecule has 1 saturated heterocycles. The van der Waals surface area contributed by atoms with Crippen LogP contribution in [0.4, 0.5) is 0 Å². The van der Waals surface area contributed by atoms with Crippen LogP contribution in [-0.2, 0) is 13.6 Å². The van der Waals surface area contributed by atoms with E-state index in [1.807, 2.05) is 18.5 Å². The Morgan fingerprint density at radius 3 is 2.39 bits per heavy atom. The number of guanidine groups is 1. The first kappa shape index (κ1) is 22.7. The molecule has 1 aromatic heterocycles. The smallest absolute Gasteiger partial charge is 0.191 e. The lowest BCUT2D eigenvalue weighted by Gasteiger charge is -2.34. The average Bonchev–Trinajstić information content (AvgIpc) is 2.87. The topological polar surface area (TPSA) is 70.4 Å². The Morgan fingerprint density at radius 2 is 1.82 bits per heavy atom. The van der Waals surface area contributed by atoms with Gasteiger partial charge in [0.25, 0.3) is 0 Å². The molecule has 7 heteroatoms. The van der Waals surface area contributed by atoms with Gasteiger partial charge >= 0.3 is 0 Å². The molecule has 1 fully saturated rings. The summed E-state index contributed by atoms with van der Waals surface area (Å²) in [6.07, 6.45) is 7.71. The first-order chi connectivity index (χ1) is 13.5. The van der Waals surface area contributed by atoms with E-state index in [9.17, 15) is 0 Å². The molecule has 0 aliphatic carbocycles. The van der Waals surface area contributed by atoms with E-state index >= 15 is 0 Å². The fraction of sp³-hybridized carbons (Fsp3) is 0.857. The normalized spacial score (nSPS) is 17.6. The number of likely N-dealkylation sites (tertiary alicyclic amines) is 1. The van der Waals surface area contributed by atoms with Gasteiger partial charge < -0.3 is 15.2 Å².